The fourth-order valence-corrected chi connectivity index (χ4v) is 1.85. The summed E-state index contributed by atoms with van der Waals surface area (Å²) < 4.78 is 7.00. The first kappa shape index (κ1) is 14.2. The molecule has 7 nitrogen and oxygen atoms in total. The van der Waals surface area contributed by atoms with Crippen LogP contribution in [0.25, 0.3) is 11.0 Å². The first-order valence-electron chi connectivity index (χ1n) is 5.64. The van der Waals surface area contributed by atoms with Crippen molar-refractivity contribution in [1.82, 2.24) is 14.5 Å². The minimum Gasteiger partial charge on any atom is -0.394 e. The van der Waals surface area contributed by atoms with Gasteiger partial charge in [0.25, 0.3) is 0 Å². The Kier molecular flexibility index (Phi) is 4.67. The summed E-state index contributed by atoms with van der Waals surface area (Å²) in [5.74, 6) is 0. The molecule has 0 aliphatic rings. The van der Waals surface area contributed by atoms with E-state index in [4.69, 9.17) is 26.6 Å². The van der Waals surface area contributed by atoms with E-state index in [9.17, 15) is 5.11 Å². The molecule has 2 atom stereocenters. The number of nitrogens with zero attached hydrogens (tertiary/aromatic N) is 3. The lowest BCUT2D eigenvalue weighted by Gasteiger charge is -2.20. The molecule has 2 heterocycles. The van der Waals surface area contributed by atoms with Crippen molar-refractivity contribution in [3.63, 3.8) is 0 Å². The van der Waals surface area contributed by atoms with E-state index in [0.29, 0.717) is 16.2 Å². The molecule has 3 N–H and O–H groups in total. The number of ether oxygens (including phenoxy) is 1. The summed E-state index contributed by atoms with van der Waals surface area (Å²) in [5.41, 5.74) is 0.593. The molecule has 2 rings (SSSR count). The molecule has 0 fully saturated rings. The van der Waals surface area contributed by atoms with Gasteiger partial charge in [0.05, 0.1) is 18.6 Å². The Morgan fingerprint density at radius 1 is 1.32 bits per heavy atom. The van der Waals surface area contributed by atoms with Gasteiger partial charge in [-0.1, -0.05) is 11.6 Å². The van der Waals surface area contributed by atoms with Gasteiger partial charge < -0.3 is 24.6 Å². The van der Waals surface area contributed by atoms with Crippen molar-refractivity contribution in [2.24, 2.45) is 0 Å². The number of aromatic nitrogens is 3. The number of rotatable bonds is 6. The van der Waals surface area contributed by atoms with Crippen molar-refractivity contribution in [2.75, 3.05) is 13.2 Å². The molecule has 0 saturated heterocycles. The Bertz CT molecular complexity index is 548. The van der Waals surface area contributed by atoms with E-state index >= 15 is 0 Å². The van der Waals surface area contributed by atoms with Crippen molar-refractivity contribution < 1.29 is 20.1 Å². The predicted molar refractivity (Wildman–Crippen MR) is 67.6 cm³/mol. The minimum absolute atomic E-state index is 0.0686. The Hall–Kier alpha value is -1.25. The maximum atomic E-state index is 9.41. The molecule has 2 unspecified atom stereocenters. The molecule has 8 heteroatoms. The predicted octanol–water partition coefficient (Wildman–Crippen LogP) is -0.227. The summed E-state index contributed by atoms with van der Waals surface area (Å²) in [6.45, 7) is -0.804. The third-order valence-corrected chi connectivity index (χ3v) is 3.03. The second kappa shape index (κ2) is 6.27. The molecule has 19 heavy (non-hydrogen) atoms. The van der Waals surface area contributed by atoms with Gasteiger partial charge in [0.15, 0.2) is 0 Å². The molecule has 104 valence electrons. The third kappa shape index (κ3) is 3.02. The van der Waals surface area contributed by atoms with Crippen molar-refractivity contribution >= 4 is 22.6 Å². The van der Waals surface area contributed by atoms with Crippen LogP contribution in [0.15, 0.2) is 18.6 Å². The number of hydrogen-bond acceptors (Lipinski definition) is 6. The summed E-state index contributed by atoms with van der Waals surface area (Å²) in [4.78, 5) is 7.94. The molecule has 2 aromatic heterocycles. The van der Waals surface area contributed by atoms with Crippen LogP contribution in [0.3, 0.4) is 0 Å². The first-order chi connectivity index (χ1) is 9.17. The highest BCUT2D eigenvalue weighted by atomic mass is 35.5. The van der Waals surface area contributed by atoms with E-state index in [1.807, 2.05) is 0 Å². The van der Waals surface area contributed by atoms with Crippen LogP contribution in [0, 0.1) is 0 Å². The molecule has 2 aromatic rings. The lowest BCUT2D eigenvalue weighted by molar-refractivity contribution is -0.0996. The van der Waals surface area contributed by atoms with Gasteiger partial charge in [0.1, 0.15) is 36.1 Å². The number of hydrogen-bond donors (Lipinski definition) is 3. The minimum atomic E-state index is -1.13. The SMILES string of the molecule is OCC(O)C(CO)OCn1ccc2c(Cl)ncnc21. The zero-order valence-electron chi connectivity index (χ0n) is 9.98. The number of aliphatic hydroxyl groups excluding tert-OH is 3. The average molecular weight is 288 g/mol. The van der Waals surface area contributed by atoms with Crippen LogP contribution in [-0.4, -0.2) is 55.3 Å². The monoisotopic (exact) mass is 287 g/mol. The summed E-state index contributed by atoms with van der Waals surface area (Å²) in [5, 5.41) is 28.3. The number of halogens is 1. The van der Waals surface area contributed by atoms with Crippen LogP contribution in [0.2, 0.25) is 5.15 Å². The van der Waals surface area contributed by atoms with Crippen LogP contribution < -0.4 is 0 Å². The molecule has 0 radical (unpaired) electrons. The summed E-state index contributed by atoms with van der Waals surface area (Å²) >= 11 is 5.91. The second-order valence-corrected chi connectivity index (χ2v) is 4.31. The zero-order valence-corrected chi connectivity index (χ0v) is 10.7. The quantitative estimate of drug-likeness (QED) is 0.635. The largest absolute Gasteiger partial charge is 0.394 e. The lowest BCUT2D eigenvalue weighted by Crippen LogP contribution is -2.35. The topological polar surface area (TPSA) is 101 Å². The van der Waals surface area contributed by atoms with E-state index < -0.39 is 25.4 Å². The Morgan fingerprint density at radius 3 is 2.79 bits per heavy atom. The number of aliphatic hydroxyl groups is 3. The molecule has 0 saturated carbocycles. The van der Waals surface area contributed by atoms with Gasteiger partial charge in [-0.2, -0.15) is 0 Å². The lowest BCUT2D eigenvalue weighted by atomic mass is 10.2. The molecule has 0 aliphatic carbocycles. The first-order valence-corrected chi connectivity index (χ1v) is 6.02. The standard InChI is InChI=1S/C11H14ClN3O4/c12-10-7-1-2-15(11(7)14-5-13-10)6-19-9(4-17)8(18)3-16/h1-2,5,8-9,16-18H,3-4,6H2. The molecule has 0 aliphatic heterocycles. The number of fused-ring (bicyclic) bond motifs is 1. The van der Waals surface area contributed by atoms with E-state index in [-0.39, 0.29) is 6.73 Å². The smallest absolute Gasteiger partial charge is 0.146 e. The van der Waals surface area contributed by atoms with Crippen molar-refractivity contribution in [3.05, 3.63) is 23.7 Å². The Labute approximate surface area is 114 Å². The van der Waals surface area contributed by atoms with E-state index in [0.717, 1.165) is 0 Å². The normalized spacial score (nSPS) is 14.7. The highest BCUT2D eigenvalue weighted by Crippen LogP contribution is 2.20. The zero-order chi connectivity index (χ0) is 13.8. The maximum Gasteiger partial charge on any atom is 0.146 e. The fourth-order valence-electron chi connectivity index (χ4n) is 1.66. The fraction of sp³-hybridized carbons (Fsp3) is 0.455. The van der Waals surface area contributed by atoms with Crippen molar-refractivity contribution in [2.45, 2.75) is 18.9 Å². The molecule has 0 spiro atoms. The average Bonchev–Trinajstić information content (AvgIpc) is 2.84. The van der Waals surface area contributed by atoms with Crippen LogP contribution in [0.5, 0.6) is 0 Å². The van der Waals surface area contributed by atoms with Crippen LogP contribution in [-0.2, 0) is 11.5 Å². The van der Waals surface area contributed by atoms with Gasteiger partial charge in [0, 0.05) is 6.20 Å². The van der Waals surface area contributed by atoms with Gasteiger partial charge in [-0.25, -0.2) is 9.97 Å². The molecular weight excluding hydrogens is 274 g/mol. The Morgan fingerprint density at radius 2 is 2.11 bits per heavy atom. The third-order valence-electron chi connectivity index (χ3n) is 2.73. The second-order valence-electron chi connectivity index (χ2n) is 3.95. The summed E-state index contributed by atoms with van der Waals surface area (Å²) in [7, 11) is 0. The van der Waals surface area contributed by atoms with Gasteiger partial charge in [-0.05, 0) is 6.07 Å². The molecule has 0 amide bonds. The van der Waals surface area contributed by atoms with Gasteiger partial charge in [-0.3, -0.25) is 0 Å². The van der Waals surface area contributed by atoms with E-state index in [1.165, 1.54) is 6.33 Å². The summed E-state index contributed by atoms with van der Waals surface area (Å²) in [6, 6.07) is 1.75. The van der Waals surface area contributed by atoms with Crippen LogP contribution in [0.4, 0.5) is 0 Å². The van der Waals surface area contributed by atoms with Crippen molar-refractivity contribution in [3.8, 4) is 0 Å². The van der Waals surface area contributed by atoms with Crippen LogP contribution in [0.1, 0.15) is 0 Å². The molecular formula is C11H14ClN3O4. The Balaban J connectivity index is 2.11. The van der Waals surface area contributed by atoms with Gasteiger partial charge in [0.2, 0.25) is 0 Å². The molecule has 0 bridgehead atoms. The highest BCUT2D eigenvalue weighted by molar-refractivity contribution is 6.33. The van der Waals surface area contributed by atoms with Gasteiger partial charge in [-0.15, -0.1) is 0 Å². The van der Waals surface area contributed by atoms with Crippen molar-refractivity contribution in [1.29, 1.82) is 0 Å². The summed E-state index contributed by atoms with van der Waals surface area (Å²) in [6.07, 6.45) is 1.06. The van der Waals surface area contributed by atoms with E-state index in [2.05, 4.69) is 9.97 Å². The van der Waals surface area contributed by atoms with Gasteiger partial charge >= 0.3 is 0 Å². The van der Waals surface area contributed by atoms with Crippen LogP contribution >= 0.6 is 11.6 Å². The van der Waals surface area contributed by atoms with E-state index in [1.54, 1.807) is 16.8 Å². The molecule has 0 aromatic carbocycles. The maximum absolute atomic E-state index is 9.41. The highest BCUT2D eigenvalue weighted by Gasteiger charge is 2.18.